The standard InChI is InChI=1S/C57H114NO7P/c1-6-8-10-12-14-16-18-20-22-24-26-28-29-30-31-32-34-36-38-40-42-44-46-48-50-57(59)65-56(55-64-66(60,61)63-53-51-58(3,4)5)54-62-52-49-47-45-43-41-39-37-35-33-27-25-23-21-19-17-15-13-11-9-7-2/h21,23,56H,6-20,22,24-55H2,1-5H3/b23-21-. The first-order valence-electron chi connectivity index (χ1n) is 28.9. The van der Waals surface area contributed by atoms with Crippen molar-refractivity contribution < 1.29 is 37.3 Å². The zero-order valence-electron chi connectivity index (χ0n) is 44.9. The Morgan fingerprint density at radius 2 is 0.788 bits per heavy atom. The van der Waals surface area contributed by atoms with Gasteiger partial charge >= 0.3 is 5.97 Å². The summed E-state index contributed by atoms with van der Waals surface area (Å²) in [5.41, 5.74) is 0. The number of allylic oxidation sites excluding steroid dienone is 2. The Hall–Kier alpha value is -0.760. The van der Waals surface area contributed by atoms with E-state index in [9.17, 15) is 14.3 Å². The van der Waals surface area contributed by atoms with E-state index >= 15 is 0 Å². The highest BCUT2D eigenvalue weighted by atomic mass is 31.2. The summed E-state index contributed by atoms with van der Waals surface area (Å²) >= 11 is 0. The molecule has 0 aliphatic carbocycles. The molecule has 0 aromatic carbocycles. The molecule has 0 aliphatic heterocycles. The molecule has 0 heterocycles. The van der Waals surface area contributed by atoms with Crippen LogP contribution >= 0.6 is 7.82 Å². The van der Waals surface area contributed by atoms with Crippen molar-refractivity contribution in [3.8, 4) is 0 Å². The van der Waals surface area contributed by atoms with Crippen molar-refractivity contribution in [3.05, 3.63) is 12.2 Å². The molecule has 8 nitrogen and oxygen atoms in total. The molecule has 0 saturated carbocycles. The summed E-state index contributed by atoms with van der Waals surface area (Å²) in [5.74, 6) is -0.326. The summed E-state index contributed by atoms with van der Waals surface area (Å²) < 4.78 is 34.9. The molecule has 0 amide bonds. The van der Waals surface area contributed by atoms with Gasteiger partial charge in [-0.25, -0.2) is 0 Å². The number of nitrogens with zero attached hydrogens (tertiary/aromatic N) is 1. The third kappa shape index (κ3) is 54.2. The molecule has 0 fully saturated rings. The van der Waals surface area contributed by atoms with Crippen molar-refractivity contribution in [2.45, 2.75) is 296 Å². The van der Waals surface area contributed by atoms with Gasteiger partial charge in [-0.2, -0.15) is 0 Å². The van der Waals surface area contributed by atoms with Gasteiger partial charge in [-0.05, 0) is 38.5 Å². The number of unbranched alkanes of at least 4 members (excludes halogenated alkanes) is 39. The summed E-state index contributed by atoms with van der Waals surface area (Å²) in [4.78, 5) is 25.3. The van der Waals surface area contributed by atoms with Crippen molar-refractivity contribution in [3.63, 3.8) is 0 Å². The van der Waals surface area contributed by atoms with Gasteiger partial charge in [0.2, 0.25) is 0 Å². The smallest absolute Gasteiger partial charge is 0.306 e. The number of ether oxygens (including phenoxy) is 2. The maximum Gasteiger partial charge on any atom is 0.306 e. The molecule has 0 aliphatic rings. The minimum Gasteiger partial charge on any atom is -0.756 e. The first-order chi connectivity index (χ1) is 32.1. The van der Waals surface area contributed by atoms with Gasteiger partial charge in [0.25, 0.3) is 7.82 Å². The number of phosphoric acid groups is 1. The van der Waals surface area contributed by atoms with Gasteiger partial charge in [0.15, 0.2) is 0 Å². The van der Waals surface area contributed by atoms with E-state index in [2.05, 4.69) is 26.0 Å². The zero-order valence-corrected chi connectivity index (χ0v) is 45.8. The van der Waals surface area contributed by atoms with Gasteiger partial charge in [-0.3, -0.25) is 9.36 Å². The topological polar surface area (TPSA) is 94.1 Å². The van der Waals surface area contributed by atoms with Crippen LogP contribution in [0.3, 0.4) is 0 Å². The molecule has 0 rings (SSSR count). The van der Waals surface area contributed by atoms with Crippen LogP contribution in [-0.2, 0) is 27.9 Å². The zero-order chi connectivity index (χ0) is 48.3. The van der Waals surface area contributed by atoms with E-state index in [-0.39, 0.29) is 25.8 Å². The summed E-state index contributed by atoms with van der Waals surface area (Å²) in [7, 11) is 1.38. The molecule has 0 radical (unpaired) electrons. The van der Waals surface area contributed by atoms with Crippen molar-refractivity contribution in [2.24, 2.45) is 0 Å². The van der Waals surface area contributed by atoms with E-state index in [1.807, 2.05) is 21.1 Å². The lowest BCUT2D eigenvalue weighted by atomic mass is 10.0. The van der Waals surface area contributed by atoms with Gasteiger partial charge in [-0.1, -0.05) is 257 Å². The fraction of sp³-hybridized carbons (Fsp3) is 0.947. The maximum absolute atomic E-state index is 12.8. The fourth-order valence-electron chi connectivity index (χ4n) is 8.60. The molecule has 9 heteroatoms. The second kappa shape index (κ2) is 50.6. The Bertz CT molecular complexity index is 1070. The van der Waals surface area contributed by atoms with Crippen LogP contribution < -0.4 is 4.89 Å². The molecule has 394 valence electrons. The number of likely N-dealkylation sites (N-methyl/N-ethyl adjacent to an activating group) is 1. The van der Waals surface area contributed by atoms with Crippen molar-refractivity contribution >= 4 is 13.8 Å². The highest BCUT2D eigenvalue weighted by Crippen LogP contribution is 2.38. The third-order valence-corrected chi connectivity index (χ3v) is 14.0. The minimum atomic E-state index is -4.53. The van der Waals surface area contributed by atoms with Crippen molar-refractivity contribution in [2.75, 3.05) is 54.1 Å². The predicted octanol–water partition coefficient (Wildman–Crippen LogP) is 17.5. The summed E-state index contributed by atoms with van der Waals surface area (Å²) in [5, 5.41) is 0. The molecule has 0 spiro atoms. The first-order valence-corrected chi connectivity index (χ1v) is 30.4. The van der Waals surface area contributed by atoms with Crippen molar-refractivity contribution in [1.82, 2.24) is 0 Å². The van der Waals surface area contributed by atoms with Gasteiger partial charge in [0, 0.05) is 13.0 Å². The van der Waals surface area contributed by atoms with Gasteiger partial charge in [0.05, 0.1) is 34.4 Å². The maximum atomic E-state index is 12.8. The number of quaternary nitrogens is 1. The van der Waals surface area contributed by atoms with Crippen LogP contribution in [0.2, 0.25) is 0 Å². The lowest BCUT2D eigenvalue weighted by molar-refractivity contribution is -0.870. The van der Waals surface area contributed by atoms with Gasteiger partial charge in [-0.15, -0.1) is 0 Å². The molecule has 66 heavy (non-hydrogen) atoms. The fourth-order valence-corrected chi connectivity index (χ4v) is 9.33. The van der Waals surface area contributed by atoms with E-state index < -0.39 is 13.9 Å². The molecule has 0 bridgehead atoms. The Morgan fingerprint density at radius 1 is 0.455 bits per heavy atom. The number of hydrogen-bond donors (Lipinski definition) is 0. The lowest BCUT2D eigenvalue weighted by Gasteiger charge is -2.28. The van der Waals surface area contributed by atoms with Gasteiger partial charge < -0.3 is 27.9 Å². The molecule has 0 aromatic heterocycles. The molecule has 0 aromatic rings. The van der Waals surface area contributed by atoms with Crippen LogP contribution in [0.15, 0.2) is 12.2 Å². The van der Waals surface area contributed by atoms with Crippen LogP contribution in [-0.4, -0.2) is 70.7 Å². The van der Waals surface area contributed by atoms with E-state index in [1.165, 1.54) is 238 Å². The second-order valence-electron chi connectivity index (χ2n) is 21.0. The predicted molar refractivity (Wildman–Crippen MR) is 282 cm³/mol. The SMILES string of the molecule is CCCCCCCC/C=C\CCCCCCCCCCCCOCC(COP(=O)([O-])OCC[N+](C)(C)C)OC(=O)CCCCCCCCCCCCCCCCCCCCCCCCCC. The third-order valence-electron chi connectivity index (χ3n) is 13.1. The lowest BCUT2D eigenvalue weighted by Crippen LogP contribution is -2.37. The number of carbonyl (C=O) groups is 1. The Labute approximate surface area is 411 Å². The molecular weight excluding hydrogens is 842 g/mol. The van der Waals surface area contributed by atoms with Crippen LogP contribution in [0.4, 0.5) is 0 Å². The number of rotatable bonds is 55. The summed E-state index contributed by atoms with van der Waals surface area (Å²) in [6.07, 6.45) is 59.7. The van der Waals surface area contributed by atoms with Crippen LogP contribution in [0.5, 0.6) is 0 Å². The first kappa shape index (κ1) is 65.2. The normalized spacial score (nSPS) is 13.5. The Balaban J connectivity index is 4.02. The largest absolute Gasteiger partial charge is 0.756 e. The number of esters is 1. The highest BCUT2D eigenvalue weighted by Gasteiger charge is 2.20. The monoisotopic (exact) mass is 956 g/mol. The van der Waals surface area contributed by atoms with Gasteiger partial charge in [0.1, 0.15) is 19.3 Å². The second-order valence-corrected chi connectivity index (χ2v) is 22.4. The number of phosphoric ester groups is 1. The van der Waals surface area contributed by atoms with E-state index in [1.54, 1.807) is 0 Å². The average Bonchev–Trinajstić information content (AvgIpc) is 3.28. The quantitative estimate of drug-likeness (QED) is 0.0197. The molecule has 0 saturated heterocycles. The number of carbonyl (C=O) groups excluding carboxylic acids is 1. The van der Waals surface area contributed by atoms with Crippen molar-refractivity contribution in [1.29, 1.82) is 0 Å². The van der Waals surface area contributed by atoms with E-state index in [0.717, 1.165) is 32.1 Å². The molecule has 0 N–H and O–H groups in total. The molecule has 2 atom stereocenters. The van der Waals surface area contributed by atoms with Crippen LogP contribution in [0, 0.1) is 0 Å². The van der Waals surface area contributed by atoms with E-state index in [4.69, 9.17) is 18.5 Å². The Morgan fingerprint density at radius 3 is 1.15 bits per heavy atom. The summed E-state index contributed by atoms with van der Waals surface area (Å²) in [6, 6.07) is 0. The minimum absolute atomic E-state index is 0.0298. The highest BCUT2D eigenvalue weighted by molar-refractivity contribution is 7.45. The Kier molecular flexibility index (Phi) is 50.0. The average molecular weight is 957 g/mol. The summed E-state index contributed by atoms with van der Waals surface area (Å²) in [6.45, 7) is 5.48. The molecular formula is C57H114NO7P. The molecule has 2 unspecified atom stereocenters. The number of hydrogen-bond acceptors (Lipinski definition) is 7. The van der Waals surface area contributed by atoms with Crippen LogP contribution in [0.1, 0.15) is 290 Å². The van der Waals surface area contributed by atoms with E-state index in [0.29, 0.717) is 24.1 Å². The van der Waals surface area contributed by atoms with Crippen LogP contribution in [0.25, 0.3) is 0 Å².